The summed E-state index contributed by atoms with van der Waals surface area (Å²) in [4.78, 5) is 52.0. The molecule has 10 nitrogen and oxygen atoms in total. The number of likely N-dealkylation sites (tertiary alicyclic amines) is 1. The Morgan fingerprint density at radius 1 is 1.06 bits per heavy atom. The molecule has 1 aromatic rings. The van der Waals surface area contributed by atoms with Gasteiger partial charge in [-0.05, 0) is 42.4 Å². The Morgan fingerprint density at radius 3 is 2.21 bits per heavy atom. The Balaban J connectivity index is 2.09. The molecule has 1 heterocycles. The fraction of sp³-hybridized carbons (Fsp3) is 0.583. The molecule has 2 rings (SSSR count). The van der Waals surface area contributed by atoms with Gasteiger partial charge in [-0.15, -0.1) is 0 Å². The first kappa shape index (κ1) is 27.1. The number of aromatic hydroxyl groups is 1. The minimum Gasteiger partial charge on any atom is -0.508 e. The molecule has 4 atom stereocenters. The van der Waals surface area contributed by atoms with Crippen LogP contribution in [0.3, 0.4) is 0 Å². The summed E-state index contributed by atoms with van der Waals surface area (Å²) in [5.41, 5.74) is 6.62. The van der Waals surface area contributed by atoms with Crippen LogP contribution in [0.25, 0.3) is 0 Å². The molecule has 0 bridgehead atoms. The summed E-state index contributed by atoms with van der Waals surface area (Å²) in [5.74, 6) is -2.94. The number of carboxylic acids is 1. The van der Waals surface area contributed by atoms with Crippen LogP contribution in [0, 0.1) is 11.8 Å². The zero-order valence-electron chi connectivity index (χ0n) is 20.2. The molecule has 0 aliphatic carbocycles. The second kappa shape index (κ2) is 11.8. The van der Waals surface area contributed by atoms with Gasteiger partial charge in [0, 0.05) is 13.0 Å². The Hall–Kier alpha value is -3.14. The number of phenolic OH excluding ortho intramolecular Hbond substituents is 1. The van der Waals surface area contributed by atoms with Crippen molar-refractivity contribution in [2.24, 2.45) is 17.6 Å². The summed E-state index contributed by atoms with van der Waals surface area (Å²) in [6.45, 7) is 7.58. The minimum atomic E-state index is -1.22. The van der Waals surface area contributed by atoms with Crippen molar-refractivity contribution in [3.8, 4) is 5.75 Å². The molecule has 1 aromatic carbocycles. The second-order valence-corrected chi connectivity index (χ2v) is 9.46. The molecule has 1 saturated heterocycles. The summed E-state index contributed by atoms with van der Waals surface area (Å²) in [6, 6.07) is 2.39. The number of carbonyl (C=O) groups excluding carboxylic acids is 3. The third-order valence-corrected chi connectivity index (χ3v) is 6.08. The van der Waals surface area contributed by atoms with Gasteiger partial charge in [0.05, 0.1) is 6.04 Å². The zero-order chi connectivity index (χ0) is 25.6. The lowest BCUT2D eigenvalue weighted by Crippen LogP contribution is -2.58. The molecule has 1 aliphatic rings. The van der Waals surface area contributed by atoms with Crippen molar-refractivity contribution < 1.29 is 29.4 Å². The molecule has 3 amide bonds. The van der Waals surface area contributed by atoms with E-state index in [9.17, 15) is 29.4 Å². The average Bonchev–Trinajstić information content (AvgIpc) is 3.26. The van der Waals surface area contributed by atoms with E-state index in [0.717, 1.165) is 0 Å². The first-order chi connectivity index (χ1) is 15.9. The standard InChI is InChI=1S/C24H36N4O6/c1-13(2)19(25)23(32)28-11-5-6-18(28)21(30)27-20(14(3)4)22(31)26-17(24(33)34)12-15-7-9-16(29)10-8-15/h7-10,13-14,17-20,29H,5-6,11-12,25H2,1-4H3,(H,26,31)(H,27,30)(H,33,34). The monoisotopic (exact) mass is 476 g/mol. The lowest BCUT2D eigenvalue weighted by Gasteiger charge is -2.30. The second-order valence-electron chi connectivity index (χ2n) is 9.46. The van der Waals surface area contributed by atoms with Gasteiger partial charge in [-0.2, -0.15) is 0 Å². The topological polar surface area (TPSA) is 162 Å². The van der Waals surface area contributed by atoms with Crippen LogP contribution in [0.4, 0.5) is 0 Å². The molecule has 4 unspecified atom stereocenters. The molecule has 34 heavy (non-hydrogen) atoms. The lowest BCUT2D eigenvalue weighted by molar-refractivity contribution is -0.143. The van der Waals surface area contributed by atoms with E-state index in [0.29, 0.717) is 24.9 Å². The van der Waals surface area contributed by atoms with Gasteiger partial charge in [-0.1, -0.05) is 39.8 Å². The highest BCUT2D eigenvalue weighted by Crippen LogP contribution is 2.20. The summed E-state index contributed by atoms with van der Waals surface area (Å²) in [5, 5.41) is 24.2. The number of amides is 3. The Kier molecular flexibility index (Phi) is 9.43. The average molecular weight is 477 g/mol. The molecule has 0 spiro atoms. The highest BCUT2D eigenvalue weighted by Gasteiger charge is 2.39. The third kappa shape index (κ3) is 6.93. The van der Waals surface area contributed by atoms with E-state index in [-0.39, 0.29) is 29.9 Å². The molecule has 10 heteroatoms. The number of nitrogens with one attached hydrogen (secondary N) is 2. The van der Waals surface area contributed by atoms with Crippen LogP contribution in [0.15, 0.2) is 24.3 Å². The Morgan fingerprint density at radius 2 is 1.68 bits per heavy atom. The molecule has 0 radical (unpaired) electrons. The quantitative estimate of drug-likeness (QED) is 0.330. The van der Waals surface area contributed by atoms with Crippen molar-refractivity contribution in [2.45, 2.75) is 71.1 Å². The van der Waals surface area contributed by atoms with Gasteiger partial charge in [0.15, 0.2) is 0 Å². The number of phenols is 1. The van der Waals surface area contributed by atoms with Gasteiger partial charge >= 0.3 is 5.97 Å². The fourth-order valence-corrected chi connectivity index (χ4v) is 3.89. The van der Waals surface area contributed by atoms with Gasteiger partial charge < -0.3 is 31.5 Å². The van der Waals surface area contributed by atoms with Gasteiger partial charge in [0.25, 0.3) is 0 Å². The normalized spacial score (nSPS) is 18.4. The number of hydrogen-bond acceptors (Lipinski definition) is 6. The highest BCUT2D eigenvalue weighted by atomic mass is 16.4. The highest BCUT2D eigenvalue weighted by molar-refractivity contribution is 5.94. The molecular weight excluding hydrogens is 440 g/mol. The van der Waals surface area contributed by atoms with E-state index in [1.165, 1.54) is 17.0 Å². The first-order valence-electron chi connectivity index (χ1n) is 11.6. The van der Waals surface area contributed by atoms with Crippen molar-refractivity contribution in [2.75, 3.05) is 6.54 Å². The maximum atomic E-state index is 13.0. The van der Waals surface area contributed by atoms with Crippen molar-refractivity contribution in [1.82, 2.24) is 15.5 Å². The van der Waals surface area contributed by atoms with Gasteiger partial charge in [0.1, 0.15) is 23.9 Å². The Labute approximate surface area is 199 Å². The van der Waals surface area contributed by atoms with Gasteiger partial charge in [0.2, 0.25) is 17.7 Å². The van der Waals surface area contributed by atoms with Crippen LogP contribution >= 0.6 is 0 Å². The van der Waals surface area contributed by atoms with Crippen LogP contribution in [-0.2, 0) is 25.6 Å². The van der Waals surface area contributed by atoms with Gasteiger partial charge in [-0.25, -0.2) is 4.79 Å². The molecule has 1 fully saturated rings. The summed E-state index contributed by atoms with van der Waals surface area (Å²) >= 11 is 0. The zero-order valence-corrected chi connectivity index (χ0v) is 20.2. The maximum Gasteiger partial charge on any atom is 0.326 e. The summed E-state index contributed by atoms with van der Waals surface area (Å²) in [6.07, 6.45) is 1.13. The molecule has 6 N–H and O–H groups in total. The summed E-state index contributed by atoms with van der Waals surface area (Å²) in [7, 11) is 0. The van der Waals surface area contributed by atoms with E-state index in [1.807, 2.05) is 13.8 Å². The number of carbonyl (C=O) groups is 4. The van der Waals surface area contributed by atoms with Crippen LogP contribution in [0.1, 0.15) is 46.1 Å². The largest absolute Gasteiger partial charge is 0.508 e. The Bertz CT molecular complexity index is 886. The number of aliphatic carboxylic acids is 1. The predicted octanol–water partition coefficient (Wildman–Crippen LogP) is 0.619. The van der Waals surface area contributed by atoms with Crippen LogP contribution in [-0.4, -0.2) is 69.5 Å². The number of nitrogens with two attached hydrogens (primary N) is 1. The molecular formula is C24H36N4O6. The van der Waals surface area contributed by atoms with E-state index in [1.54, 1.807) is 26.0 Å². The molecule has 0 aromatic heterocycles. The van der Waals surface area contributed by atoms with Crippen LogP contribution < -0.4 is 16.4 Å². The number of benzene rings is 1. The van der Waals surface area contributed by atoms with Gasteiger partial charge in [-0.3, -0.25) is 14.4 Å². The summed E-state index contributed by atoms with van der Waals surface area (Å²) < 4.78 is 0. The van der Waals surface area contributed by atoms with Crippen molar-refractivity contribution in [3.05, 3.63) is 29.8 Å². The van der Waals surface area contributed by atoms with E-state index >= 15 is 0 Å². The third-order valence-electron chi connectivity index (χ3n) is 6.08. The lowest BCUT2D eigenvalue weighted by atomic mass is 10.0. The van der Waals surface area contributed by atoms with E-state index < -0.39 is 42.0 Å². The van der Waals surface area contributed by atoms with Crippen molar-refractivity contribution >= 4 is 23.7 Å². The first-order valence-corrected chi connectivity index (χ1v) is 11.6. The fourth-order valence-electron chi connectivity index (χ4n) is 3.89. The number of rotatable bonds is 10. The molecule has 1 aliphatic heterocycles. The minimum absolute atomic E-state index is 0.0120. The molecule has 188 valence electrons. The van der Waals surface area contributed by atoms with Crippen LogP contribution in [0.2, 0.25) is 0 Å². The smallest absolute Gasteiger partial charge is 0.326 e. The van der Waals surface area contributed by atoms with Crippen molar-refractivity contribution in [3.63, 3.8) is 0 Å². The number of hydrogen-bond donors (Lipinski definition) is 5. The predicted molar refractivity (Wildman–Crippen MR) is 126 cm³/mol. The number of nitrogens with zero attached hydrogens (tertiary/aromatic N) is 1. The maximum absolute atomic E-state index is 13.0. The van der Waals surface area contributed by atoms with E-state index in [2.05, 4.69) is 10.6 Å². The molecule has 0 saturated carbocycles. The number of carboxylic acid groups (broad SMARTS) is 1. The van der Waals surface area contributed by atoms with E-state index in [4.69, 9.17) is 5.73 Å². The van der Waals surface area contributed by atoms with Crippen LogP contribution in [0.5, 0.6) is 5.75 Å². The van der Waals surface area contributed by atoms with Crippen molar-refractivity contribution in [1.29, 1.82) is 0 Å². The SMILES string of the molecule is CC(C)C(N)C(=O)N1CCCC1C(=O)NC(C(=O)NC(Cc1ccc(O)cc1)C(=O)O)C(C)C.